The summed E-state index contributed by atoms with van der Waals surface area (Å²) in [5, 5.41) is 14.0. The van der Waals surface area contributed by atoms with Gasteiger partial charge in [-0.2, -0.15) is 0 Å². The molecule has 4 atom stereocenters. The Morgan fingerprint density at radius 3 is 2.13 bits per heavy atom. The molecule has 4 bridgehead atoms. The molecular formula is C26H31NO4. The van der Waals surface area contributed by atoms with Gasteiger partial charge in [0.15, 0.2) is 0 Å². The van der Waals surface area contributed by atoms with Crippen molar-refractivity contribution >= 4 is 11.6 Å². The maximum Gasteiger partial charge on any atom is 0.224 e. The Labute approximate surface area is 183 Å². The molecule has 1 amide bonds. The molecule has 4 saturated carbocycles. The van der Waals surface area contributed by atoms with E-state index in [4.69, 9.17) is 9.47 Å². The van der Waals surface area contributed by atoms with Crippen LogP contribution in [0.2, 0.25) is 0 Å². The zero-order chi connectivity index (χ0) is 21.5. The van der Waals surface area contributed by atoms with E-state index < -0.39 is 5.60 Å². The summed E-state index contributed by atoms with van der Waals surface area (Å²) in [7, 11) is 0. The second-order valence-electron chi connectivity index (χ2n) is 9.94. The highest BCUT2D eigenvalue weighted by Gasteiger charge is 2.57. The van der Waals surface area contributed by atoms with E-state index in [1.165, 1.54) is 6.42 Å². The van der Waals surface area contributed by atoms with E-state index in [2.05, 4.69) is 5.32 Å². The van der Waals surface area contributed by atoms with Crippen LogP contribution in [0.25, 0.3) is 0 Å². The lowest BCUT2D eigenvalue weighted by molar-refractivity contribution is -0.167. The van der Waals surface area contributed by atoms with Gasteiger partial charge in [0.05, 0.1) is 12.2 Å². The molecule has 0 spiro atoms. The van der Waals surface area contributed by atoms with E-state index >= 15 is 0 Å². The van der Waals surface area contributed by atoms with Crippen molar-refractivity contribution in [1.82, 2.24) is 0 Å². The number of carbonyl (C=O) groups is 1. The van der Waals surface area contributed by atoms with Gasteiger partial charge in [0.1, 0.15) is 17.2 Å². The summed E-state index contributed by atoms with van der Waals surface area (Å²) in [6.07, 6.45) is 6.58. The summed E-state index contributed by atoms with van der Waals surface area (Å²) in [4.78, 5) is 12.8. The van der Waals surface area contributed by atoms with Crippen molar-refractivity contribution in [2.24, 2.45) is 17.3 Å². The predicted octanol–water partition coefficient (Wildman–Crippen LogP) is 5.54. The summed E-state index contributed by atoms with van der Waals surface area (Å²) in [6.45, 7) is 2.59. The predicted molar refractivity (Wildman–Crippen MR) is 119 cm³/mol. The zero-order valence-corrected chi connectivity index (χ0v) is 18.1. The highest BCUT2D eigenvalue weighted by atomic mass is 16.5. The monoisotopic (exact) mass is 421 g/mol. The number of rotatable bonds is 7. The van der Waals surface area contributed by atoms with E-state index in [1.807, 2.05) is 55.5 Å². The number of benzene rings is 2. The summed E-state index contributed by atoms with van der Waals surface area (Å²) in [5.41, 5.74) is 0.233. The van der Waals surface area contributed by atoms with Gasteiger partial charge < -0.3 is 19.9 Å². The lowest BCUT2D eigenvalue weighted by atomic mass is 9.47. The summed E-state index contributed by atoms with van der Waals surface area (Å²) < 4.78 is 11.3. The van der Waals surface area contributed by atoms with E-state index in [0.717, 1.165) is 49.3 Å². The SMILES string of the molecule is CCOc1ccc(Oc2ccc(NC(=O)CC34C[C@@H]5C[C@@H](CC(O)(C5)C3)C4)cc2)cc1. The first-order valence-corrected chi connectivity index (χ1v) is 11.5. The molecule has 2 aromatic carbocycles. The van der Waals surface area contributed by atoms with E-state index in [-0.39, 0.29) is 11.3 Å². The van der Waals surface area contributed by atoms with Gasteiger partial charge in [0, 0.05) is 12.1 Å². The Bertz CT molecular complexity index is 923. The van der Waals surface area contributed by atoms with Crippen LogP contribution in [-0.2, 0) is 4.79 Å². The van der Waals surface area contributed by atoms with Crippen molar-refractivity contribution in [2.45, 2.75) is 57.5 Å². The summed E-state index contributed by atoms with van der Waals surface area (Å²) in [6, 6.07) is 15.0. The topological polar surface area (TPSA) is 67.8 Å². The Hall–Kier alpha value is -2.53. The quantitative estimate of drug-likeness (QED) is 0.616. The Balaban J connectivity index is 1.18. The average Bonchev–Trinajstić information content (AvgIpc) is 2.69. The molecule has 0 radical (unpaired) electrons. The molecule has 2 unspecified atom stereocenters. The molecule has 0 saturated heterocycles. The molecule has 5 nitrogen and oxygen atoms in total. The number of nitrogens with one attached hydrogen (secondary N) is 1. The number of hydrogen-bond donors (Lipinski definition) is 2. The first-order chi connectivity index (χ1) is 14.9. The normalized spacial score (nSPS) is 30.8. The average molecular weight is 422 g/mol. The van der Waals surface area contributed by atoms with Gasteiger partial charge >= 0.3 is 0 Å². The number of aliphatic hydroxyl groups is 1. The van der Waals surface area contributed by atoms with Crippen molar-refractivity contribution in [3.63, 3.8) is 0 Å². The van der Waals surface area contributed by atoms with Crippen LogP contribution in [0.4, 0.5) is 5.69 Å². The fourth-order valence-corrected chi connectivity index (χ4v) is 6.67. The molecule has 4 aliphatic carbocycles. The van der Waals surface area contributed by atoms with Gasteiger partial charge in [-0.25, -0.2) is 0 Å². The third-order valence-electron chi connectivity index (χ3n) is 7.20. The molecule has 2 N–H and O–H groups in total. The van der Waals surface area contributed by atoms with Crippen molar-refractivity contribution < 1.29 is 19.4 Å². The fourth-order valence-electron chi connectivity index (χ4n) is 6.67. The van der Waals surface area contributed by atoms with Gasteiger partial charge in [-0.05, 0) is 111 Å². The van der Waals surface area contributed by atoms with Crippen LogP contribution in [0.1, 0.15) is 51.9 Å². The smallest absolute Gasteiger partial charge is 0.224 e. The fraction of sp³-hybridized carbons (Fsp3) is 0.500. The number of hydrogen-bond acceptors (Lipinski definition) is 4. The molecule has 6 rings (SSSR count). The highest BCUT2D eigenvalue weighted by molar-refractivity contribution is 5.91. The second kappa shape index (κ2) is 7.86. The van der Waals surface area contributed by atoms with Gasteiger partial charge in [-0.3, -0.25) is 4.79 Å². The van der Waals surface area contributed by atoms with Crippen molar-refractivity contribution in [3.05, 3.63) is 48.5 Å². The van der Waals surface area contributed by atoms with Crippen LogP contribution in [0.3, 0.4) is 0 Å². The standard InChI is InChI=1S/C26H31NO4/c1-2-30-21-7-9-23(10-8-21)31-22-5-3-20(4-6-22)27-24(28)16-25-12-18-11-19(13-25)15-26(29,14-18)17-25/h3-10,18-19,29H,2,11-17H2,1H3,(H,27,28)/t18-,19+,25?,26?. The molecule has 0 aliphatic heterocycles. The number of anilines is 1. The second-order valence-corrected chi connectivity index (χ2v) is 9.94. The van der Waals surface area contributed by atoms with Crippen LogP contribution >= 0.6 is 0 Å². The minimum Gasteiger partial charge on any atom is -0.494 e. The molecule has 4 fully saturated rings. The van der Waals surface area contributed by atoms with Gasteiger partial charge in [-0.15, -0.1) is 0 Å². The molecule has 2 aromatic rings. The Kier molecular flexibility index (Phi) is 5.17. The van der Waals surface area contributed by atoms with Gasteiger partial charge in [0.2, 0.25) is 5.91 Å². The molecule has 164 valence electrons. The summed E-state index contributed by atoms with van der Waals surface area (Å²) >= 11 is 0. The summed E-state index contributed by atoms with van der Waals surface area (Å²) in [5.74, 6) is 3.51. The third-order valence-corrected chi connectivity index (χ3v) is 7.20. The molecule has 4 aliphatic rings. The maximum atomic E-state index is 12.8. The van der Waals surface area contributed by atoms with Gasteiger partial charge in [0.25, 0.3) is 0 Å². The van der Waals surface area contributed by atoms with Crippen LogP contribution in [0.5, 0.6) is 17.2 Å². The molecule has 5 heteroatoms. The third kappa shape index (κ3) is 4.42. The molecular weight excluding hydrogens is 390 g/mol. The lowest BCUT2D eigenvalue weighted by Crippen LogP contribution is -2.56. The van der Waals surface area contributed by atoms with Crippen molar-refractivity contribution in [3.8, 4) is 17.2 Å². The molecule has 0 aromatic heterocycles. The van der Waals surface area contributed by atoms with Crippen molar-refractivity contribution in [1.29, 1.82) is 0 Å². The highest BCUT2D eigenvalue weighted by Crippen LogP contribution is 2.62. The first kappa shape index (κ1) is 20.4. The van der Waals surface area contributed by atoms with Gasteiger partial charge in [-0.1, -0.05) is 0 Å². The van der Waals surface area contributed by atoms with Crippen LogP contribution in [-0.4, -0.2) is 23.2 Å². The van der Waals surface area contributed by atoms with Crippen LogP contribution in [0.15, 0.2) is 48.5 Å². The first-order valence-electron chi connectivity index (χ1n) is 11.5. The number of amides is 1. The molecule has 0 heterocycles. The van der Waals surface area contributed by atoms with E-state index in [0.29, 0.717) is 30.6 Å². The van der Waals surface area contributed by atoms with E-state index in [1.54, 1.807) is 0 Å². The zero-order valence-electron chi connectivity index (χ0n) is 18.1. The van der Waals surface area contributed by atoms with Crippen LogP contribution < -0.4 is 14.8 Å². The lowest BCUT2D eigenvalue weighted by Gasteiger charge is -2.60. The van der Waals surface area contributed by atoms with Crippen molar-refractivity contribution in [2.75, 3.05) is 11.9 Å². The Morgan fingerprint density at radius 2 is 1.55 bits per heavy atom. The maximum absolute atomic E-state index is 12.8. The number of carbonyl (C=O) groups excluding carboxylic acids is 1. The van der Waals surface area contributed by atoms with E-state index in [9.17, 15) is 9.90 Å². The number of ether oxygens (including phenoxy) is 2. The minimum absolute atomic E-state index is 0.0143. The minimum atomic E-state index is -0.524. The molecule has 31 heavy (non-hydrogen) atoms. The van der Waals surface area contributed by atoms with Crippen LogP contribution in [0, 0.1) is 17.3 Å². The Morgan fingerprint density at radius 1 is 0.968 bits per heavy atom. The largest absolute Gasteiger partial charge is 0.494 e.